The highest BCUT2D eigenvalue weighted by molar-refractivity contribution is 8.37. The van der Waals surface area contributed by atoms with E-state index in [0.29, 0.717) is 0 Å². The Morgan fingerprint density at radius 3 is 2.71 bits per heavy atom. The highest BCUT2D eigenvalue weighted by Gasteiger charge is 2.35. The smallest absolute Gasteiger partial charge is 0.0473 e. The van der Waals surface area contributed by atoms with Crippen molar-refractivity contribution < 1.29 is 0 Å². The van der Waals surface area contributed by atoms with Gasteiger partial charge in [0.1, 0.15) is 0 Å². The number of rotatable bonds is 0. The van der Waals surface area contributed by atoms with Gasteiger partial charge in [-0.2, -0.15) is 0 Å². The van der Waals surface area contributed by atoms with Crippen LogP contribution in [0.25, 0.3) is 6.08 Å². The summed E-state index contributed by atoms with van der Waals surface area (Å²) in [5, 5.41) is 2.39. The lowest BCUT2D eigenvalue weighted by Gasteiger charge is -2.30. The molecule has 0 radical (unpaired) electrons. The Morgan fingerprint density at radius 1 is 0.941 bits per heavy atom. The van der Waals surface area contributed by atoms with Gasteiger partial charge in [-0.1, -0.05) is 36.4 Å². The highest BCUT2D eigenvalue weighted by Crippen LogP contribution is 2.67. The fourth-order valence-electron chi connectivity index (χ4n) is 2.65. The fourth-order valence-corrected chi connectivity index (χ4v) is 5.89. The number of benzene rings is 2. The zero-order valence-corrected chi connectivity index (χ0v) is 10.2. The van der Waals surface area contributed by atoms with Crippen LogP contribution in [0.4, 0.5) is 5.69 Å². The predicted octanol–water partition coefficient (Wildman–Crippen LogP) is 4.38. The van der Waals surface area contributed by atoms with Crippen LogP contribution >= 0.6 is 10.2 Å². The molecule has 0 saturated heterocycles. The third-order valence-electron chi connectivity index (χ3n) is 3.48. The molecule has 84 valence electrons. The van der Waals surface area contributed by atoms with Crippen molar-refractivity contribution >= 4 is 22.0 Å². The molecule has 1 nitrogen and oxygen atoms in total. The van der Waals surface area contributed by atoms with Gasteiger partial charge in [-0.05, 0) is 34.7 Å². The molecule has 2 heteroatoms. The largest absolute Gasteiger partial charge is 0.339 e. The van der Waals surface area contributed by atoms with Crippen molar-refractivity contribution in [3.05, 3.63) is 65.1 Å². The Morgan fingerprint density at radius 2 is 1.76 bits per heavy atom. The van der Waals surface area contributed by atoms with Gasteiger partial charge in [0.05, 0.1) is 0 Å². The Hall–Kier alpha value is -1.67. The van der Waals surface area contributed by atoms with E-state index in [1.165, 1.54) is 21.7 Å². The van der Waals surface area contributed by atoms with E-state index in [1.807, 2.05) is 0 Å². The topological polar surface area (TPSA) is 12.0 Å². The molecule has 0 amide bonds. The lowest BCUT2D eigenvalue weighted by Crippen LogP contribution is -2.01. The standard InChI is InChI=1S/C15H13NS/c1-3-7-14-13(6-1)11-17(16-14)10-9-12-5-2-4-8-15(12)17/h1-10,16H,11H2. The van der Waals surface area contributed by atoms with Crippen molar-refractivity contribution in [1.29, 1.82) is 0 Å². The summed E-state index contributed by atoms with van der Waals surface area (Å²) in [4.78, 5) is 1.48. The van der Waals surface area contributed by atoms with Crippen molar-refractivity contribution in [2.24, 2.45) is 0 Å². The second-order valence-electron chi connectivity index (χ2n) is 4.54. The van der Waals surface area contributed by atoms with Crippen LogP contribution in [-0.4, -0.2) is 0 Å². The first kappa shape index (κ1) is 9.37. The Kier molecular flexibility index (Phi) is 1.75. The number of fused-ring (bicyclic) bond motifs is 3. The first-order valence-electron chi connectivity index (χ1n) is 5.81. The monoisotopic (exact) mass is 239 g/mol. The Balaban J connectivity index is 1.87. The van der Waals surface area contributed by atoms with Crippen molar-refractivity contribution in [1.82, 2.24) is 0 Å². The van der Waals surface area contributed by atoms with Crippen LogP contribution in [0.5, 0.6) is 0 Å². The maximum Gasteiger partial charge on any atom is 0.0473 e. The maximum atomic E-state index is 3.76. The van der Waals surface area contributed by atoms with E-state index in [0.717, 1.165) is 5.75 Å². The average Bonchev–Trinajstić information content (AvgIpc) is 2.92. The normalized spacial score (nSPS) is 27.3. The van der Waals surface area contributed by atoms with E-state index in [1.54, 1.807) is 0 Å². The third kappa shape index (κ3) is 1.22. The van der Waals surface area contributed by atoms with E-state index in [4.69, 9.17) is 0 Å². The van der Waals surface area contributed by atoms with Crippen LogP contribution < -0.4 is 4.72 Å². The average molecular weight is 239 g/mol. The zero-order chi connectivity index (χ0) is 11.3. The lowest BCUT2D eigenvalue weighted by atomic mass is 10.2. The summed E-state index contributed by atoms with van der Waals surface area (Å²) in [5.41, 5.74) is 4.13. The van der Waals surface area contributed by atoms with E-state index >= 15 is 0 Å². The van der Waals surface area contributed by atoms with E-state index < -0.39 is 10.2 Å². The molecule has 1 spiro atoms. The summed E-state index contributed by atoms with van der Waals surface area (Å²) in [5.74, 6) is 1.14. The molecule has 0 fully saturated rings. The first-order valence-corrected chi connectivity index (χ1v) is 7.68. The number of nitrogens with one attached hydrogen (secondary N) is 1. The van der Waals surface area contributed by atoms with Gasteiger partial charge in [0.25, 0.3) is 0 Å². The van der Waals surface area contributed by atoms with Crippen LogP contribution in [0.15, 0.2) is 58.8 Å². The maximum absolute atomic E-state index is 3.76. The van der Waals surface area contributed by atoms with Crippen molar-refractivity contribution in [2.75, 3.05) is 4.72 Å². The first-order chi connectivity index (χ1) is 8.37. The van der Waals surface area contributed by atoms with Gasteiger partial charge in [-0.25, -0.2) is 0 Å². The zero-order valence-electron chi connectivity index (χ0n) is 9.39. The molecule has 0 saturated carbocycles. The van der Waals surface area contributed by atoms with Gasteiger partial charge >= 0.3 is 0 Å². The number of anilines is 1. The number of hydrogen-bond donors (Lipinski definition) is 1. The molecule has 2 aromatic rings. The Labute approximate surface area is 103 Å². The summed E-state index contributed by atoms with van der Waals surface area (Å²) < 4.78 is 3.76. The minimum atomic E-state index is -0.975. The summed E-state index contributed by atoms with van der Waals surface area (Å²) in [6, 6.07) is 17.4. The van der Waals surface area contributed by atoms with Crippen molar-refractivity contribution in [3.63, 3.8) is 0 Å². The summed E-state index contributed by atoms with van der Waals surface area (Å²) in [6.07, 6.45) is 2.27. The quantitative estimate of drug-likeness (QED) is 0.719. The molecule has 2 aliphatic heterocycles. The van der Waals surface area contributed by atoms with Crippen LogP contribution in [0.3, 0.4) is 0 Å². The van der Waals surface area contributed by atoms with Gasteiger partial charge in [0.15, 0.2) is 0 Å². The van der Waals surface area contributed by atoms with Gasteiger partial charge in [0, 0.05) is 16.3 Å². The fraction of sp³-hybridized carbons (Fsp3) is 0.0667. The second-order valence-corrected chi connectivity index (χ2v) is 7.33. The molecule has 0 aromatic heterocycles. The summed E-state index contributed by atoms with van der Waals surface area (Å²) in [6.45, 7) is 0. The molecule has 17 heavy (non-hydrogen) atoms. The molecule has 2 heterocycles. The molecule has 1 unspecified atom stereocenters. The predicted molar refractivity (Wildman–Crippen MR) is 75.1 cm³/mol. The minimum absolute atomic E-state index is 0.975. The third-order valence-corrected chi connectivity index (χ3v) is 6.59. The Bertz CT molecular complexity index is 605. The van der Waals surface area contributed by atoms with Crippen LogP contribution in [-0.2, 0) is 5.75 Å². The van der Waals surface area contributed by atoms with Crippen LogP contribution in [0.1, 0.15) is 11.1 Å². The molecular weight excluding hydrogens is 226 g/mol. The minimum Gasteiger partial charge on any atom is -0.339 e. The molecule has 0 bridgehead atoms. The van der Waals surface area contributed by atoms with Crippen molar-refractivity contribution in [2.45, 2.75) is 10.6 Å². The van der Waals surface area contributed by atoms with Gasteiger partial charge in [0.2, 0.25) is 0 Å². The van der Waals surface area contributed by atoms with Crippen molar-refractivity contribution in [3.8, 4) is 0 Å². The van der Waals surface area contributed by atoms with Crippen LogP contribution in [0, 0.1) is 0 Å². The summed E-state index contributed by atoms with van der Waals surface area (Å²) in [7, 11) is -0.975. The SMILES string of the molecule is C1=CS2(Cc3ccccc3N2)c2ccccc21. The molecule has 1 atom stereocenters. The molecule has 1 N–H and O–H groups in total. The highest BCUT2D eigenvalue weighted by atomic mass is 32.3. The van der Waals surface area contributed by atoms with E-state index in [-0.39, 0.29) is 0 Å². The molecule has 2 aromatic carbocycles. The van der Waals surface area contributed by atoms with Crippen LogP contribution in [0.2, 0.25) is 0 Å². The molecule has 0 aliphatic carbocycles. The van der Waals surface area contributed by atoms with E-state index in [9.17, 15) is 0 Å². The molecule has 2 aliphatic rings. The van der Waals surface area contributed by atoms with Gasteiger partial charge in [-0.3, -0.25) is 0 Å². The van der Waals surface area contributed by atoms with E-state index in [2.05, 4.69) is 64.7 Å². The molecular formula is C15H13NS. The molecule has 4 rings (SSSR count). The van der Waals surface area contributed by atoms with Gasteiger partial charge < -0.3 is 4.72 Å². The summed E-state index contributed by atoms with van der Waals surface area (Å²) >= 11 is 0. The second kappa shape index (κ2) is 3.17. The number of hydrogen-bond acceptors (Lipinski definition) is 1. The van der Waals surface area contributed by atoms with Gasteiger partial charge in [-0.15, -0.1) is 10.2 Å². The number of para-hydroxylation sites is 1. The lowest BCUT2D eigenvalue weighted by molar-refractivity contribution is 1.38.